The van der Waals surface area contributed by atoms with Gasteiger partial charge in [-0.3, -0.25) is 9.69 Å². The molecule has 0 radical (unpaired) electrons. The van der Waals surface area contributed by atoms with E-state index in [0.29, 0.717) is 6.54 Å². The average Bonchev–Trinajstić information content (AvgIpc) is 2.30. The van der Waals surface area contributed by atoms with Crippen molar-refractivity contribution in [2.24, 2.45) is 0 Å². The molecular weight excluding hydrogens is 234 g/mol. The second-order valence-electron chi connectivity index (χ2n) is 4.35. The minimum Gasteiger partial charge on any atom is -0.354 e. The number of thiol groups is 1. The van der Waals surface area contributed by atoms with Gasteiger partial charge in [-0.1, -0.05) is 6.07 Å². The van der Waals surface area contributed by atoms with Crippen molar-refractivity contribution in [3.63, 3.8) is 0 Å². The first-order valence-corrected chi connectivity index (χ1v) is 6.21. The monoisotopic (exact) mass is 251 g/mol. The number of carbonyl (C=O) groups excluding carboxylic acids is 1. The summed E-state index contributed by atoms with van der Waals surface area (Å²) in [7, 11) is 0. The maximum Gasteiger partial charge on any atom is 0.199 e. The van der Waals surface area contributed by atoms with Crippen molar-refractivity contribution < 1.29 is 4.79 Å². The molecule has 0 amide bonds. The molecular formula is C12H17N3OS. The summed E-state index contributed by atoms with van der Waals surface area (Å²) >= 11 is 3.81. The zero-order valence-electron chi connectivity index (χ0n) is 9.96. The summed E-state index contributed by atoms with van der Waals surface area (Å²) in [6, 6.07) is 4.13. The first kappa shape index (κ1) is 12.4. The molecule has 1 aromatic heterocycles. The third kappa shape index (κ3) is 3.44. The van der Waals surface area contributed by atoms with Gasteiger partial charge in [0.25, 0.3) is 0 Å². The van der Waals surface area contributed by atoms with Gasteiger partial charge >= 0.3 is 0 Å². The number of aryl methyl sites for hydroxylation is 1. The molecule has 0 spiro atoms. The van der Waals surface area contributed by atoms with E-state index in [-0.39, 0.29) is 5.12 Å². The van der Waals surface area contributed by atoms with Crippen molar-refractivity contribution in [1.82, 2.24) is 9.88 Å². The Balaban J connectivity index is 1.90. The van der Waals surface area contributed by atoms with E-state index in [0.717, 1.165) is 32.0 Å². The Morgan fingerprint density at radius 2 is 2.06 bits per heavy atom. The van der Waals surface area contributed by atoms with Crippen LogP contribution in [0.4, 0.5) is 5.82 Å². The molecule has 2 heterocycles. The predicted octanol–water partition coefficient (Wildman–Crippen LogP) is 0.968. The fraction of sp³-hybridized carbons (Fsp3) is 0.500. The molecule has 1 fully saturated rings. The lowest BCUT2D eigenvalue weighted by Crippen LogP contribution is -2.47. The molecule has 1 aromatic rings. The second kappa shape index (κ2) is 5.51. The number of pyridine rings is 1. The molecule has 2 rings (SSSR count). The van der Waals surface area contributed by atoms with E-state index in [1.54, 1.807) is 0 Å². The third-order valence-electron chi connectivity index (χ3n) is 2.95. The van der Waals surface area contributed by atoms with Gasteiger partial charge in [-0.25, -0.2) is 4.98 Å². The van der Waals surface area contributed by atoms with Crippen LogP contribution in [0.5, 0.6) is 0 Å². The minimum absolute atomic E-state index is 0.0630. The van der Waals surface area contributed by atoms with Gasteiger partial charge in [0.05, 0.1) is 6.54 Å². The molecule has 0 N–H and O–H groups in total. The average molecular weight is 251 g/mol. The highest BCUT2D eigenvalue weighted by Crippen LogP contribution is 2.13. The number of hydrogen-bond acceptors (Lipinski definition) is 4. The SMILES string of the molecule is Cc1ccc(N2CCN(CC(=O)S)CC2)nc1. The van der Waals surface area contributed by atoms with E-state index in [9.17, 15) is 4.79 Å². The summed E-state index contributed by atoms with van der Waals surface area (Å²) < 4.78 is 0. The molecule has 92 valence electrons. The fourth-order valence-electron chi connectivity index (χ4n) is 1.97. The van der Waals surface area contributed by atoms with Gasteiger partial charge in [-0.15, -0.1) is 12.6 Å². The molecule has 0 aromatic carbocycles. The highest BCUT2D eigenvalue weighted by molar-refractivity contribution is 7.96. The molecule has 17 heavy (non-hydrogen) atoms. The molecule has 1 saturated heterocycles. The summed E-state index contributed by atoms with van der Waals surface area (Å²) in [4.78, 5) is 19.7. The lowest BCUT2D eigenvalue weighted by molar-refractivity contribution is -0.111. The van der Waals surface area contributed by atoms with E-state index in [4.69, 9.17) is 0 Å². The highest BCUT2D eigenvalue weighted by Gasteiger charge is 2.18. The predicted molar refractivity (Wildman–Crippen MR) is 71.6 cm³/mol. The normalized spacial score (nSPS) is 17.2. The van der Waals surface area contributed by atoms with E-state index < -0.39 is 0 Å². The van der Waals surface area contributed by atoms with Crippen LogP contribution in [0.3, 0.4) is 0 Å². The van der Waals surface area contributed by atoms with Crippen LogP contribution in [0, 0.1) is 6.92 Å². The lowest BCUT2D eigenvalue weighted by Gasteiger charge is -2.34. The van der Waals surface area contributed by atoms with Gasteiger partial charge in [0, 0.05) is 32.4 Å². The van der Waals surface area contributed by atoms with Gasteiger partial charge in [-0.05, 0) is 18.6 Å². The smallest absolute Gasteiger partial charge is 0.199 e. The van der Waals surface area contributed by atoms with Gasteiger partial charge in [-0.2, -0.15) is 0 Å². The van der Waals surface area contributed by atoms with Crippen LogP contribution >= 0.6 is 12.6 Å². The summed E-state index contributed by atoms with van der Waals surface area (Å²) in [5.74, 6) is 1.02. The van der Waals surface area contributed by atoms with Gasteiger partial charge < -0.3 is 4.90 Å². The van der Waals surface area contributed by atoms with Crippen molar-refractivity contribution in [2.75, 3.05) is 37.6 Å². The summed E-state index contributed by atoms with van der Waals surface area (Å²) in [5.41, 5.74) is 1.17. The Morgan fingerprint density at radius 3 is 2.59 bits per heavy atom. The zero-order valence-corrected chi connectivity index (χ0v) is 10.9. The molecule has 0 bridgehead atoms. The molecule has 0 atom stereocenters. The van der Waals surface area contributed by atoms with Crippen LogP contribution < -0.4 is 4.90 Å². The number of anilines is 1. The maximum atomic E-state index is 10.9. The number of piperazine rings is 1. The Morgan fingerprint density at radius 1 is 1.35 bits per heavy atom. The van der Waals surface area contributed by atoms with Crippen LogP contribution in [0.25, 0.3) is 0 Å². The topological polar surface area (TPSA) is 36.4 Å². The Labute approximate surface area is 107 Å². The zero-order chi connectivity index (χ0) is 12.3. The van der Waals surface area contributed by atoms with Crippen molar-refractivity contribution >= 4 is 23.6 Å². The van der Waals surface area contributed by atoms with Crippen molar-refractivity contribution in [3.8, 4) is 0 Å². The van der Waals surface area contributed by atoms with Crippen molar-refractivity contribution in [2.45, 2.75) is 6.92 Å². The van der Waals surface area contributed by atoms with Crippen molar-refractivity contribution in [3.05, 3.63) is 23.9 Å². The molecule has 0 aliphatic carbocycles. The summed E-state index contributed by atoms with van der Waals surface area (Å²) in [5, 5.41) is -0.0630. The van der Waals surface area contributed by atoms with E-state index in [2.05, 4.69) is 39.5 Å². The third-order valence-corrected chi connectivity index (χ3v) is 3.09. The molecule has 1 aliphatic rings. The van der Waals surface area contributed by atoms with Crippen LogP contribution in [0.15, 0.2) is 18.3 Å². The fourth-order valence-corrected chi connectivity index (χ4v) is 2.17. The van der Waals surface area contributed by atoms with Crippen molar-refractivity contribution in [1.29, 1.82) is 0 Å². The van der Waals surface area contributed by atoms with Gasteiger partial charge in [0.2, 0.25) is 0 Å². The number of nitrogens with zero attached hydrogens (tertiary/aromatic N) is 3. The lowest BCUT2D eigenvalue weighted by atomic mass is 10.2. The maximum absolute atomic E-state index is 10.9. The second-order valence-corrected chi connectivity index (χ2v) is 4.85. The largest absolute Gasteiger partial charge is 0.354 e. The number of hydrogen-bond donors (Lipinski definition) is 1. The molecule has 5 heteroatoms. The number of aromatic nitrogens is 1. The van der Waals surface area contributed by atoms with Crippen LogP contribution in [-0.4, -0.2) is 47.7 Å². The first-order chi connectivity index (χ1) is 8.15. The molecule has 1 aliphatic heterocycles. The quantitative estimate of drug-likeness (QED) is 0.812. The Hall–Kier alpha value is -1.07. The summed E-state index contributed by atoms with van der Waals surface area (Å²) in [6.07, 6.45) is 1.89. The number of rotatable bonds is 3. The molecule has 0 unspecified atom stereocenters. The Bertz CT molecular complexity index is 385. The van der Waals surface area contributed by atoms with Crippen LogP contribution in [0.2, 0.25) is 0 Å². The van der Waals surface area contributed by atoms with Gasteiger partial charge in [0.1, 0.15) is 5.82 Å². The van der Waals surface area contributed by atoms with Crippen LogP contribution in [0.1, 0.15) is 5.56 Å². The minimum atomic E-state index is -0.0630. The highest BCUT2D eigenvalue weighted by atomic mass is 32.1. The van der Waals surface area contributed by atoms with E-state index in [1.165, 1.54) is 5.56 Å². The molecule has 0 saturated carbocycles. The van der Waals surface area contributed by atoms with E-state index in [1.807, 2.05) is 13.1 Å². The summed E-state index contributed by atoms with van der Waals surface area (Å²) in [6.45, 7) is 6.09. The standard InChI is InChI=1S/C12H17N3OS/c1-10-2-3-11(13-8-10)15-6-4-14(5-7-15)9-12(16)17/h2-3,8H,4-7,9H2,1H3,(H,16,17). The number of carbonyl (C=O) groups is 1. The van der Waals surface area contributed by atoms with E-state index >= 15 is 0 Å². The molecule has 4 nitrogen and oxygen atoms in total. The van der Waals surface area contributed by atoms with Gasteiger partial charge in [0.15, 0.2) is 5.12 Å². The Kier molecular flexibility index (Phi) is 4.02. The first-order valence-electron chi connectivity index (χ1n) is 5.77. The van der Waals surface area contributed by atoms with Crippen LogP contribution in [-0.2, 0) is 4.79 Å².